The van der Waals surface area contributed by atoms with E-state index in [0.717, 1.165) is 54.8 Å². The van der Waals surface area contributed by atoms with Crippen LogP contribution < -0.4 is 15.6 Å². The molecule has 4 rings (SSSR count). The first-order valence-corrected chi connectivity index (χ1v) is 10.9. The predicted octanol–water partition coefficient (Wildman–Crippen LogP) is 5.12. The van der Waals surface area contributed by atoms with Crippen LogP contribution in [-0.2, 0) is 6.18 Å². The lowest BCUT2D eigenvalue weighted by Crippen LogP contribution is -2.26. The Morgan fingerprint density at radius 3 is 2.42 bits per heavy atom. The van der Waals surface area contributed by atoms with Gasteiger partial charge in [-0.25, -0.2) is 4.68 Å². The number of hydrogen-bond donors (Lipinski definition) is 2. The Bertz CT molecular complexity index is 1150. The number of hydrazone groups is 1. The largest absolute Gasteiger partial charge is 0.418 e. The molecule has 0 aliphatic carbocycles. The van der Waals surface area contributed by atoms with Gasteiger partial charge in [0.05, 0.1) is 34.4 Å². The molecule has 0 unspecified atom stereocenters. The zero-order valence-electron chi connectivity index (χ0n) is 17.9. The van der Waals surface area contributed by atoms with Crippen molar-refractivity contribution in [3.8, 4) is 5.69 Å². The normalized spacial score (nSPS) is 14.1. The number of alkyl halides is 3. The number of rotatable bonds is 5. The lowest BCUT2D eigenvalue weighted by molar-refractivity contribution is -0.136. The first-order chi connectivity index (χ1) is 15.8. The second-order valence-corrected chi connectivity index (χ2v) is 8.04. The fourth-order valence-corrected chi connectivity index (χ4v) is 3.97. The second-order valence-electron chi connectivity index (χ2n) is 7.63. The van der Waals surface area contributed by atoms with Gasteiger partial charge in [-0.3, -0.25) is 5.43 Å². The van der Waals surface area contributed by atoms with E-state index in [1.807, 2.05) is 41.9 Å². The minimum Gasteiger partial charge on any atom is -0.356 e. The van der Waals surface area contributed by atoms with Crippen molar-refractivity contribution in [1.82, 2.24) is 15.2 Å². The number of aryl methyl sites for hydroxylation is 1. The molecule has 172 valence electrons. The van der Waals surface area contributed by atoms with Gasteiger partial charge in [0, 0.05) is 13.1 Å². The molecule has 1 saturated heterocycles. The van der Waals surface area contributed by atoms with Gasteiger partial charge in [-0.15, -0.1) is 0 Å². The van der Waals surface area contributed by atoms with Crippen LogP contribution in [0, 0.1) is 6.92 Å². The fourth-order valence-electron chi connectivity index (χ4n) is 3.81. The number of para-hydroxylation sites is 2. The molecule has 0 spiro atoms. The summed E-state index contributed by atoms with van der Waals surface area (Å²) in [5.74, 6) is 0.933. The number of thiocarbonyl (C=S) groups is 1. The van der Waals surface area contributed by atoms with Crippen molar-refractivity contribution in [2.75, 3.05) is 23.3 Å². The quantitative estimate of drug-likeness (QED) is 0.307. The van der Waals surface area contributed by atoms with Crippen molar-refractivity contribution in [1.29, 1.82) is 0 Å². The highest BCUT2D eigenvalue weighted by Crippen LogP contribution is 2.34. The summed E-state index contributed by atoms with van der Waals surface area (Å²) in [5.41, 5.74) is 4.24. The van der Waals surface area contributed by atoms with E-state index in [1.165, 1.54) is 18.2 Å². The van der Waals surface area contributed by atoms with Crippen LogP contribution in [0.25, 0.3) is 5.69 Å². The monoisotopic (exact) mass is 472 g/mol. The highest BCUT2D eigenvalue weighted by atomic mass is 32.1. The maximum Gasteiger partial charge on any atom is 0.418 e. The minimum atomic E-state index is -4.49. The third-order valence-corrected chi connectivity index (χ3v) is 5.52. The van der Waals surface area contributed by atoms with Gasteiger partial charge in [-0.05, 0) is 56.2 Å². The molecule has 0 radical (unpaired) electrons. The molecule has 10 heteroatoms. The molecule has 1 aromatic heterocycles. The van der Waals surface area contributed by atoms with Crippen molar-refractivity contribution in [3.63, 3.8) is 0 Å². The van der Waals surface area contributed by atoms with E-state index in [-0.39, 0.29) is 10.8 Å². The number of hydrogen-bond acceptors (Lipinski definition) is 4. The zero-order chi connectivity index (χ0) is 23.4. The Morgan fingerprint density at radius 1 is 1.06 bits per heavy atom. The van der Waals surface area contributed by atoms with E-state index in [2.05, 4.69) is 20.7 Å². The molecule has 1 aliphatic rings. The van der Waals surface area contributed by atoms with E-state index in [1.54, 1.807) is 6.21 Å². The maximum absolute atomic E-state index is 13.2. The van der Waals surface area contributed by atoms with Crippen LogP contribution in [0.2, 0.25) is 0 Å². The molecule has 2 N–H and O–H groups in total. The summed E-state index contributed by atoms with van der Waals surface area (Å²) in [6.45, 7) is 3.73. The Balaban J connectivity index is 1.55. The molecule has 2 heterocycles. The molecule has 33 heavy (non-hydrogen) atoms. The van der Waals surface area contributed by atoms with Crippen LogP contribution in [-0.4, -0.2) is 34.2 Å². The summed E-state index contributed by atoms with van der Waals surface area (Å²) < 4.78 is 41.5. The van der Waals surface area contributed by atoms with Crippen molar-refractivity contribution < 1.29 is 13.2 Å². The van der Waals surface area contributed by atoms with Crippen LogP contribution >= 0.6 is 12.2 Å². The molecule has 0 atom stereocenters. The molecular formula is C23H23F3N6S. The van der Waals surface area contributed by atoms with Crippen molar-refractivity contribution in [2.24, 2.45) is 5.10 Å². The number of aromatic nitrogens is 2. The second kappa shape index (κ2) is 9.62. The van der Waals surface area contributed by atoms with Gasteiger partial charge in [0.25, 0.3) is 0 Å². The Kier molecular flexibility index (Phi) is 6.64. The Labute approximate surface area is 195 Å². The highest BCUT2D eigenvalue weighted by molar-refractivity contribution is 7.80. The van der Waals surface area contributed by atoms with E-state index in [9.17, 15) is 13.2 Å². The van der Waals surface area contributed by atoms with Gasteiger partial charge in [-0.1, -0.05) is 30.3 Å². The lowest BCUT2D eigenvalue weighted by Gasteiger charge is -2.20. The summed E-state index contributed by atoms with van der Waals surface area (Å²) in [7, 11) is 0. The van der Waals surface area contributed by atoms with E-state index in [0.29, 0.717) is 0 Å². The summed E-state index contributed by atoms with van der Waals surface area (Å²) in [5, 5.41) is 11.4. The van der Waals surface area contributed by atoms with Gasteiger partial charge in [0.15, 0.2) is 5.11 Å². The van der Waals surface area contributed by atoms with Crippen molar-refractivity contribution in [2.45, 2.75) is 25.9 Å². The standard InChI is InChI=1S/C23H23F3N6S/c1-16-18(15-27-29-22(33)28-20-12-6-5-11-19(20)23(24,25)26)21(31-13-7-8-14-31)32(30-16)17-9-3-2-4-10-17/h2-6,9-12,15H,7-8,13-14H2,1H3,(H2,28,29,33)/b27-15-. The zero-order valence-corrected chi connectivity index (χ0v) is 18.7. The van der Waals surface area contributed by atoms with E-state index < -0.39 is 11.7 Å². The number of anilines is 2. The van der Waals surface area contributed by atoms with Gasteiger partial charge in [0.1, 0.15) is 5.82 Å². The highest BCUT2D eigenvalue weighted by Gasteiger charge is 2.33. The van der Waals surface area contributed by atoms with Gasteiger partial charge >= 0.3 is 6.18 Å². The molecule has 0 amide bonds. The van der Waals surface area contributed by atoms with Gasteiger partial charge in [0.2, 0.25) is 0 Å². The molecule has 1 fully saturated rings. The Morgan fingerprint density at radius 2 is 1.73 bits per heavy atom. The number of nitrogens with one attached hydrogen (secondary N) is 2. The molecule has 0 bridgehead atoms. The molecule has 2 aromatic carbocycles. The molecule has 0 saturated carbocycles. The van der Waals surface area contributed by atoms with Gasteiger partial charge in [-0.2, -0.15) is 23.4 Å². The minimum absolute atomic E-state index is 0.0428. The number of benzene rings is 2. The van der Waals surface area contributed by atoms with Gasteiger partial charge < -0.3 is 10.2 Å². The third-order valence-electron chi connectivity index (χ3n) is 5.33. The summed E-state index contributed by atoms with van der Waals surface area (Å²) in [4.78, 5) is 2.27. The summed E-state index contributed by atoms with van der Waals surface area (Å²) in [6.07, 6.45) is -0.684. The van der Waals surface area contributed by atoms with Crippen molar-refractivity contribution >= 4 is 35.1 Å². The van der Waals surface area contributed by atoms with Crippen LogP contribution in [0.15, 0.2) is 59.7 Å². The first-order valence-electron chi connectivity index (χ1n) is 10.5. The SMILES string of the molecule is Cc1nn(-c2ccccc2)c(N2CCCC2)c1/C=N\NC(=S)Nc1ccccc1C(F)(F)F. The van der Waals surface area contributed by atoms with Crippen LogP contribution in [0.4, 0.5) is 24.7 Å². The molecule has 6 nitrogen and oxygen atoms in total. The van der Waals surface area contributed by atoms with Crippen LogP contribution in [0.3, 0.4) is 0 Å². The number of halogens is 3. The smallest absolute Gasteiger partial charge is 0.356 e. The Hall–Kier alpha value is -3.40. The van der Waals surface area contributed by atoms with E-state index >= 15 is 0 Å². The maximum atomic E-state index is 13.2. The van der Waals surface area contributed by atoms with Crippen molar-refractivity contribution in [3.05, 3.63) is 71.4 Å². The molecule has 3 aromatic rings. The lowest BCUT2D eigenvalue weighted by atomic mass is 10.2. The fraction of sp³-hybridized carbons (Fsp3) is 0.261. The van der Waals surface area contributed by atoms with Crippen LogP contribution in [0.5, 0.6) is 0 Å². The molecular weight excluding hydrogens is 449 g/mol. The summed E-state index contributed by atoms with van der Waals surface area (Å²) >= 11 is 5.15. The number of nitrogens with zero attached hydrogens (tertiary/aromatic N) is 4. The first kappa shape index (κ1) is 22.8. The summed E-state index contributed by atoms with van der Waals surface area (Å²) in [6, 6.07) is 15.0. The molecule has 1 aliphatic heterocycles. The predicted molar refractivity (Wildman–Crippen MR) is 128 cm³/mol. The third kappa shape index (κ3) is 5.16. The van der Waals surface area contributed by atoms with Crippen LogP contribution in [0.1, 0.15) is 29.7 Å². The average Bonchev–Trinajstić information content (AvgIpc) is 3.42. The van der Waals surface area contributed by atoms with E-state index in [4.69, 9.17) is 17.3 Å². The average molecular weight is 473 g/mol. The topological polar surface area (TPSA) is 57.5 Å².